The molecule has 2 heterocycles. The fourth-order valence-corrected chi connectivity index (χ4v) is 2.67. The summed E-state index contributed by atoms with van der Waals surface area (Å²) in [5, 5.41) is 13.3. The molecule has 0 bridgehead atoms. The van der Waals surface area contributed by atoms with Crippen LogP contribution in [0.1, 0.15) is 12.5 Å². The molecule has 0 unspecified atom stereocenters. The van der Waals surface area contributed by atoms with Crippen LogP contribution in [0.4, 0.5) is 5.69 Å². The highest BCUT2D eigenvalue weighted by Gasteiger charge is 2.32. The Balaban J connectivity index is 2.03. The minimum atomic E-state index is -0.864. The lowest BCUT2D eigenvalue weighted by Gasteiger charge is -2.16. The number of carbonyl (C=O) groups excluding carboxylic acids is 3. The third-order valence-corrected chi connectivity index (χ3v) is 3.95. The lowest BCUT2D eigenvalue weighted by molar-refractivity contribution is -0.384. The van der Waals surface area contributed by atoms with Gasteiger partial charge in [-0.15, -0.1) is 0 Å². The number of non-ortho nitro benzene ring substituents is 1. The summed E-state index contributed by atoms with van der Waals surface area (Å²) in [4.78, 5) is 47.7. The van der Waals surface area contributed by atoms with Crippen molar-refractivity contribution in [2.24, 2.45) is 0 Å². The molecule has 1 amide bonds. The molecule has 27 heavy (non-hydrogen) atoms. The van der Waals surface area contributed by atoms with Crippen LogP contribution in [-0.2, 0) is 19.1 Å². The van der Waals surface area contributed by atoms with E-state index in [9.17, 15) is 24.5 Å². The molecule has 10 heteroatoms. The van der Waals surface area contributed by atoms with Gasteiger partial charge in [0.2, 0.25) is 0 Å². The van der Waals surface area contributed by atoms with E-state index in [0.717, 1.165) is 17.2 Å². The number of esters is 1. The Kier molecular flexibility index (Phi) is 4.65. The van der Waals surface area contributed by atoms with Gasteiger partial charge in [-0.05, 0) is 30.8 Å². The van der Waals surface area contributed by atoms with Gasteiger partial charge in [-0.1, -0.05) is 12.1 Å². The number of cyclic esters (lactones) is 1. The first-order valence-electron chi connectivity index (χ1n) is 7.53. The number of nitro benzene ring substituents is 1. The van der Waals surface area contributed by atoms with Crippen LogP contribution < -0.4 is 5.32 Å². The van der Waals surface area contributed by atoms with Crippen LogP contribution in [0.25, 0.3) is 6.08 Å². The van der Waals surface area contributed by atoms with Gasteiger partial charge in [-0.25, -0.2) is 4.79 Å². The zero-order valence-corrected chi connectivity index (χ0v) is 14.6. The van der Waals surface area contributed by atoms with Gasteiger partial charge in [0, 0.05) is 24.4 Å². The maximum atomic E-state index is 12.2. The molecular formula is C17H11N3O6S. The third kappa shape index (κ3) is 3.65. The van der Waals surface area contributed by atoms with Crippen molar-refractivity contribution in [3.05, 3.63) is 69.2 Å². The van der Waals surface area contributed by atoms with Gasteiger partial charge < -0.3 is 4.74 Å². The maximum Gasteiger partial charge on any atom is 0.348 e. The molecule has 1 saturated heterocycles. The smallest absolute Gasteiger partial charge is 0.348 e. The summed E-state index contributed by atoms with van der Waals surface area (Å²) >= 11 is 5.07. The number of carbonyl (C=O) groups is 3. The number of ketones is 1. The summed E-state index contributed by atoms with van der Waals surface area (Å²) < 4.78 is 4.90. The lowest BCUT2D eigenvalue weighted by Crippen LogP contribution is -2.27. The number of benzene rings is 1. The van der Waals surface area contributed by atoms with Crippen LogP contribution in [0.2, 0.25) is 0 Å². The number of thiocarbonyl (C=S) groups is 1. The zero-order valence-electron chi connectivity index (χ0n) is 13.8. The molecule has 9 nitrogen and oxygen atoms in total. The first-order valence-corrected chi connectivity index (χ1v) is 7.94. The van der Waals surface area contributed by atoms with Crippen LogP contribution >= 0.6 is 12.2 Å². The zero-order chi connectivity index (χ0) is 19.7. The second kappa shape index (κ2) is 6.92. The molecule has 136 valence electrons. The molecule has 0 atom stereocenters. The van der Waals surface area contributed by atoms with Crippen LogP contribution in [-0.4, -0.2) is 32.6 Å². The van der Waals surface area contributed by atoms with Gasteiger partial charge in [-0.3, -0.25) is 29.9 Å². The van der Waals surface area contributed by atoms with Gasteiger partial charge in [-0.2, -0.15) is 0 Å². The molecular weight excluding hydrogens is 374 g/mol. The number of nitrogens with one attached hydrogen (secondary N) is 1. The van der Waals surface area contributed by atoms with Crippen molar-refractivity contribution in [1.82, 2.24) is 10.2 Å². The predicted molar refractivity (Wildman–Crippen MR) is 96.6 cm³/mol. The fourth-order valence-electron chi connectivity index (χ4n) is 2.43. The van der Waals surface area contributed by atoms with Crippen molar-refractivity contribution in [1.29, 1.82) is 0 Å². The van der Waals surface area contributed by atoms with Crippen molar-refractivity contribution in [2.45, 2.75) is 6.92 Å². The number of rotatable bonds is 3. The van der Waals surface area contributed by atoms with Gasteiger partial charge in [0.1, 0.15) is 17.0 Å². The van der Waals surface area contributed by atoms with E-state index in [0.29, 0.717) is 5.56 Å². The molecule has 3 rings (SSSR count). The van der Waals surface area contributed by atoms with Gasteiger partial charge in [0.15, 0.2) is 10.9 Å². The summed E-state index contributed by atoms with van der Waals surface area (Å²) in [6.45, 7) is 1.46. The minimum absolute atomic E-state index is 0.000118. The monoisotopic (exact) mass is 385 g/mol. The van der Waals surface area contributed by atoms with Crippen molar-refractivity contribution < 1.29 is 24.0 Å². The van der Waals surface area contributed by atoms with E-state index in [-0.39, 0.29) is 27.8 Å². The molecule has 0 spiro atoms. The molecule has 1 aromatic carbocycles. The molecule has 2 aliphatic rings. The minimum Gasteiger partial charge on any atom is -0.427 e. The molecule has 0 saturated carbocycles. The van der Waals surface area contributed by atoms with Crippen molar-refractivity contribution in [3.63, 3.8) is 0 Å². The average molecular weight is 385 g/mol. The highest BCUT2D eigenvalue weighted by atomic mass is 32.1. The van der Waals surface area contributed by atoms with Crippen molar-refractivity contribution >= 4 is 46.8 Å². The average Bonchev–Trinajstić information content (AvgIpc) is 2.84. The first-order chi connectivity index (χ1) is 12.8. The first kappa shape index (κ1) is 18.1. The van der Waals surface area contributed by atoms with Gasteiger partial charge in [0.25, 0.3) is 11.6 Å². The Morgan fingerprint density at radius 1 is 1.30 bits per heavy atom. The predicted octanol–water partition coefficient (Wildman–Crippen LogP) is 1.57. The Bertz CT molecular complexity index is 1010. The number of hydrogen-bond donors (Lipinski definition) is 1. The Morgan fingerprint density at radius 2 is 2.04 bits per heavy atom. The van der Waals surface area contributed by atoms with E-state index in [4.69, 9.17) is 17.0 Å². The number of ether oxygens (including phenoxy) is 1. The van der Waals surface area contributed by atoms with Crippen molar-refractivity contribution in [2.75, 3.05) is 0 Å². The molecule has 0 radical (unpaired) electrons. The highest BCUT2D eigenvalue weighted by molar-refractivity contribution is 7.80. The van der Waals surface area contributed by atoms with E-state index in [2.05, 4.69) is 5.32 Å². The molecule has 1 aromatic rings. The number of amides is 1. The molecule has 1 fully saturated rings. The van der Waals surface area contributed by atoms with Crippen molar-refractivity contribution in [3.8, 4) is 0 Å². The van der Waals surface area contributed by atoms with Crippen LogP contribution in [0.15, 0.2) is 53.6 Å². The van der Waals surface area contributed by atoms with E-state index < -0.39 is 22.6 Å². The summed E-state index contributed by atoms with van der Waals surface area (Å²) in [6.07, 6.45) is 3.61. The standard InChI is InChI=1S/C17H11N3O6S/c1-9-5-14(21)12(16(23)26-9)8-19-13(15(22)18-17(19)27)7-10-3-2-4-11(6-10)20(24)25/h2-8H,1H3,(H,18,22,27)/b12-8-,13-7-. The molecule has 0 aromatic heterocycles. The second-order valence-corrected chi connectivity index (χ2v) is 5.95. The largest absolute Gasteiger partial charge is 0.427 e. The summed E-state index contributed by atoms with van der Waals surface area (Å²) in [7, 11) is 0. The van der Waals surface area contributed by atoms with Crippen LogP contribution in [0, 0.1) is 10.1 Å². The lowest BCUT2D eigenvalue weighted by atomic mass is 10.1. The number of nitro groups is 1. The summed E-state index contributed by atoms with van der Waals surface area (Å²) in [5.74, 6) is -1.86. The summed E-state index contributed by atoms with van der Waals surface area (Å²) in [5.41, 5.74) is -0.0816. The SMILES string of the molecule is CC1=CC(=O)/C(=C/N2C(=S)NC(=O)/C2=C/c2cccc([N+](=O)[O-])c2)C(=O)O1. The normalized spacial score (nSPS) is 20.0. The maximum absolute atomic E-state index is 12.2. The topological polar surface area (TPSA) is 119 Å². The fraction of sp³-hybridized carbons (Fsp3) is 0.0588. The molecule has 2 aliphatic heterocycles. The quantitative estimate of drug-likeness (QED) is 0.208. The van der Waals surface area contributed by atoms with Crippen LogP contribution in [0.5, 0.6) is 0 Å². The Labute approximate surface area is 157 Å². The Hall–Kier alpha value is -3.66. The van der Waals surface area contributed by atoms with E-state index in [1.807, 2.05) is 0 Å². The number of nitrogens with zero attached hydrogens (tertiary/aromatic N) is 2. The van der Waals surface area contributed by atoms with Gasteiger partial charge >= 0.3 is 5.97 Å². The van der Waals surface area contributed by atoms with E-state index >= 15 is 0 Å². The van der Waals surface area contributed by atoms with Crippen LogP contribution in [0.3, 0.4) is 0 Å². The van der Waals surface area contributed by atoms with E-state index in [1.54, 1.807) is 6.07 Å². The number of hydrogen-bond acceptors (Lipinski definition) is 7. The third-order valence-electron chi connectivity index (χ3n) is 3.65. The number of allylic oxidation sites excluding steroid dienone is 2. The summed E-state index contributed by atoms with van der Waals surface area (Å²) in [6, 6.07) is 5.62. The van der Waals surface area contributed by atoms with Gasteiger partial charge in [0.05, 0.1) is 4.92 Å². The van der Waals surface area contributed by atoms with E-state index in [1.165, 1.54) is 31.2 Å². The second-order valence-electron chi connectivity index (χ2n) is 5.56. The molecule has 0 aliphatic carbocycles. The highest BCUT2D eigenvalue weighted by Crippen LogP contribution is 2.23. The molecule has 1 N–H and O–H groups in total. The Morgan fingerprint density at radius 3 is 2.70 bits per heavy atom.